The number of hydrogen-bond donors (Lipinski definition) is 1. The van der Waals surface area contributed by atoms with Crippen LogP contribution in [0.1, 0.15) is 25.3 Å². The number of halogens is 2. The Balaban J connectivity index is 2.72. The SMILES string of the molecule is CC1(c2ccc(Cl)cc2Cl)OC(=C(C#N)C#N)C(C#N)=C1CC/C(S)=C/C=O. The van der Waals surface area contributed by atoms with E-state index in [1.54, 1.807) is 37.3 Å². The van der Waals surface area contributed by atoms with E-state index in [1.165, 1.54) is 6.08 Å². The Morgan fingerprint density at radius 3 is 2.50 bits per heavy atom. The van der Waals surface area contributed by atoms with Gasteiger partial charge in [0.05, 0.1) is 5.57 Å². The van der Waals surface area contributed by atoms with Crippen molar-refractivity contribution >= 4 is 42.1 Å². The number of thiol groups is 1. The van der Waals surface area contributed by atoms with Gasteiger partial charge in [0, 0.05) is 15.6 Å². The van der Waals surface area contributed by atoms with Crippen molar-refractivity contribution in [2.24, 2.45) is 0 Å². The highest BCUT2D eigenvalue weighted by Crippen LogP contribution is 2.50. The van der Waals surface area contributed by atoms with E-state index < -0.39 is 5.60 Å². The minimum absolute atomic E-state index is 0.0869. The van der Waals surface area contributed by atoms with Crippen molar-refractivity contribution in [1.82, 2.24) is 0 Å². The van der Waals surface area contributed by atoms with E-state index in [-0.39, 0.29) is 16.9 Å². The molecule has 5 nitrogen and oxygen atoms in total. The number of allylic oxidation sites excluding steroid dienone is 4. The fraction of sp³-hybridized carbons (Fsp3) is 0.200. The zero-order valence-electron chi connectivity index (χ0n) is 14.7. The molecule has 0 aromatic heterocycles. The first-order valence-corrected chi connectivity index (χ1v) is 9.19. The standard InChI is InChI=1S/C20H13Cl2N3O2S/c1-20(17-4-2-13(21)8-18(17)22)16(5-3-14(28)6-7-26)15(11-25)19(27-20)12(9-23)10-24/h2,4,6-8,28H,3,5H2,1H3/b14-6-. The van der Waals surface area contributed by atoms with Crippen molar-refractivity contribution in [3.63, 3.8) is 0 Å². The number of carbonyl (C=O) groups is 1. The fourth-order valence-electron chi connectivity index (χ4n) is 2.99. The molecule has 1 heterocycles. The maximum Gasteiger partial charge on any atom is 0.172 e. The summed E-state index contributed by atoms with van der Waals surface area (Å²) in [6.45, 7) is 1.70. The average molecular weight is 430 g/mol. The lowest BCUT2D eigenvalue weighted by atomic mass is 9.84. The van der Waals surface area contributed by atoms with E-state index in [4.69, 9.17) is 27.9 Å². The lowest BCUT2D eigenvalue weighted by Gasteiger charge is -2.29. The third-order valence-corrected chi connectivity index (χ3v) is 5.23. The molecule has 1 aliphatic heterocycles. The van der Waals surface area contributed by atoms with Gasteiger partial charge >= 0.3 is 0 Å². The van der Waals surface area contributed by atoms with E-state index in [1.807, 2.05) is 6.07 Å². The van der Waals surface area contributed by atoms with Crippen molar-refractivity contribution in [3.8, 4) is 18.2 Å². The Bertz CT molecular complexity index is 1040. The van der Waals surface area contributed by atoms with Crippen LogP contribution in [0.25, 0.3) is 0 Å². The predicted octanol–water partition coefficient (Wildman–Crippen LogP) is 5.15. The van der Waals surface area contributed by atoms with E-state index in [0.717, 1.165) is 0 Å². The second kappa shape index (κ2) is 9.00. The summed E-state index contributed by atoms with van der Waals surface area (Å²) in [5.41, 5.74) is -0.345. The van der Waals surface area contributed by atoms with Gasteiger partial charge in [0.2, 0.25) is 0 Å². The van der Waals surface area contributed by atoms with Crippen LogP contribution in [-0.2, 0) is 15.1 Å². The largest absolute Gasteiger partial charge is 0.475 e. The highest BCUT2D eigenvalue weighted by molar-refractivity contribution is 7.84. The van der Waals surface area contributed by atoms with E-state index in [9.17, 15) is 20.6 Å². The molecule has 8 heteroatoms. The maximum atomic E-state index is 10.7. The monoisotopic (exact) mass is 429 g/mol. The van der Waals surface area contributed by atoms with Crippen molar-refractivity contribution in [3.05, 3.63) is 67.3 Å². The summed E-state index contributed by atoms with van der Waals surface area (Å²) in [6, 6.07) is 10.4. The van der Waals surface area contributed by atoms with Crippen LogP contribution in [0.5, 0.6) is 0 Å². The summed E-state index contributed by atoms with van der Waals surface area (Å²) < 4.78 is 6.00. The lowest BCUT2D eigenvalue weighted by Crippen LogP contribution is -2.25. The first-order chi connectivity index (χ1) is 13.3. The van der Waals surface area contributed by atoms with Crippen LogP contribution < -0.4 is 0 Å². The molecule has 0 radical (unpaired) electrons. The molecule has 1 aliphatic rings. The molecule has 0 amide bonds. The minimum Gasteiger partial charge on any atom is -0.475 e. The molecule has 0 aliphatic carbocycles. The average Bonchev–Trinajstić information content (AvgIpc) is 2.93. The highest BCUT2D eigenvalue weighted by Gasteiger charge is 2.45. The number of rotatable bonds is 5. The van der Waals surface area contributed by atoms with Gasteiger partial charge in [-0.1, -0.05) is 29.3 Å². The van der Waals surface area contributed by atoms with E-state index >= 15 is 0 Å². The fourth-order valence-corrected chi connectivity index (χ4v) is 3.75. The maximum absolute atomic E-state index is 10.7. The second-order valence-electron chi connectivity index (χ2n) is 5.95. The van der Waals surface area contributed by atoms with Crippen LogP contribution in [0.3, 0.4) is 0 Å². The number of hydrogen-bond acceptors (Lipinski definition) is 6. The molecule has 140 valence electrons. The van der Waals surface area contributed by atoms with Crippen LogP contribution in [0.4, 0.5) is 0 Å². The Morgan fingerprint density at radius 2 is 1.96 bits per heavy atom. The smallest absolute Gasteiger partial charge is 0.172 e. The minimum atomic E-state index is -1.20. The van der Waals surface area contributed by atoms with E-state index in [2.05, 4.69) is 12.6 Å². The molecule has 1 atom stereocenters. The topological polar surface area (TPSA) is 97.7 Å². The van der Waals surface area contributed by atoms with Gasteiger partial charge in [-0.3, -0.25) is 4.79 Å². The van der Waals surface area contributed by atoms with Crippen LogP contribution in [0.2, 0.25) is 10.0 Å². The lowest BCUT2D eigenvalue weighted by molar-refractivity contribution is -0.104. The molecule has 0 bridgehead atoms. The number of aldehydes is 1. The van der Waals surface area contributed by atoms with Gasteiger partial charge in [0.15, 0.2) is 16.9 Å². The molecule has 0 fully saturated rings. The van der Waals surface area contributed by atoms with Crippen molar-refractivity contribution in [2.75, 3.05) is 0 Å². The Labute approximate surface area is 178 Å². The molecule has 1 aromatic rings. The van der Waals surface area contributed by atoms with Crippen LogP contribution in [0, 0.1) is 34.0 Å². The molecule has 0 spiro atoms. The Morgan fingerprint density at radius 1 is 1.29 bits per heavy atom. The molecule has 1 unspecified atom stereocenters. The summed E-state index contributed by atoms with van der Waals surface area (Å²) >= 11 is 16.6. The van der Waals surface area contributed by atoms with Gasteiger partial charge in [0.25, 0.3) is 0 Å². The van der Waals surface area contributed by atoms with E-state index in [0.29, 0.717) is 45.2 Å². The molecular weight excluding hydrogens is 417 g/mol. The Kier molecular flexibility index (Phi) is 6.95. The van der Waals surface area contributed by atoms with Gasteiger partial charge in [-0.15, -0.1) is 12.6 Å². The number of carbonyl (C=O) groups excluding carboxylic acids is 1. The number of nitriles is 3. The number of benzene rings is 1. The Hall–Kier alpha value is -2.69. The van der Waals surface area contributed by atoms with Crippen LogP contribution >= 0.6 is 35.8 Å². The molecule has 28 heavy (non-hydrogen) atoms. The number of ether oxygens (including phenoxy) is 1. The quantitative estimate of drug-likeness (QED) is 0.301. The van der Waals surface area contributed by atoms with Gasteiger partial charge in [-0.2, -0.15) is 15.8 Å². The van der Waals surface area contributed by atoms with Gasteiger partial charge in [-0.25, -0.2) is 0 Å². The predicted molar refractivity (Wildman–Crippen MR) is 108 cm³/mol. The first kappa shape index (κ1) is 21.6. The van der Waals surface area contributed by atoms with Gasteiger partial charge < -0.3 is 4.74 Å². The molecule has 0 saturated carbocycles. The molecular formula is C20H13Cl2N3O2S. The zero-order chi connectivity index (χ0) is 20.9. The van der Waals surface area contributed by atoms with Crippen molar-refractivity contribution in [1.29, 1.82) is 15.8 Å². The zero-order valence-corrected chi connectivity index (χ0v) is 17.1. The van der Waals surface area contributed by atoms with Crippen molar-refractivity contribution in [2.45, 2.75) is 25.4 Å². The summed E-state index contributed by atoms with van der Waals surface area (Å²) in [5, 5.41) is 29.0. The highest BCUT2D eigenvalue weighted by atomic mass is 35.5. The van der Waals surface area contributed by atoms with Gasteiger partial charge in [0.1, 0.15) is 24.5 Å². The summed E-state index contributed by atoms with van der Waals surface area (Å²) in [6.07, 6.45) is 2.59. The summed E-state index contributed by atoms with van der Waals surface area (Å²) in [7, 11) is 0. The molecule has 0 N–H and O–H groups in total. The number of nitrogens with zero attached hydrogens (tertiary/aromatic N) is 3. The molecule has 1 aromatic carbocycles. The first-order valence-electron chi connectivity index (χ1n) is 7.98. The second-order valence-corrected chi connectivity index (χ2v) is 7.36. The van der Waals surface area contributed by atoms with Crippen LogP contribution in [0.15, 0.2) is 51.7 Å². The van der Waals surface area contributed by atoms with Gasteiger partial charge in [-0.05, 0) is 48.5 Å². The summed E-state index contributed by atoms with van der Waals surface area (Å²) in [5.74, 6) is -0.0869. The van der Waals surface area contributed by atoms with Crippen molar-refractivity contribution < 1.29 is 9.53 Å². The molecule has 2 rings (SSSR count). The summed E-state index contributed by atoms with van der Waals surface area (Å²) in [4.78, 5) is 11.2. The third kappa shape index (κ3) is 4.08. The normalized spacial score (nSPS) is 18.8. The van der Waals surface area contributed by atoms with Crippen LogP contribution in [-0.4, -0.2) is 6.29 Å². The third-order valence-electron chi connectivity index (χ3n) is 4.31. The molecule has 0 saturated heterocycles.